The third-order valence-corrected chi connectivity index (χ3v) is 6.84. The molecule has 6 rings (SSSR count). The van der Waals surface area contributed by atoms with E-state index in [1.807, 2.05) is 17.1 Å². The second-order valence-electron chi connectivity index (χ2n) is 8.35. The van der Waals surface area contributed by atoms with Crippen LogP contribution in [0.2, 0.25) is 0 Å². The molecule has 1 aliphatic heterocycles. The largest absolute Gasteiger partial charge is 0.383 e. The molecule has 29 heavy (non-hydrogen) atoms. The van der Waals surface area contributed by atoms with Crippen molar-refractivity contribution in [2.24, 2.45) is 11.8 Å². The predicted octanol–water partition coefficient (Wildman–Crippen LogP) is 1.38. The molecule has 3 unspecified atom stereocenters. The molecule has 8 nitrogen and oxygen atoms in total. The molecule has 3 heterocycles. The number of hydrogen-bond acceptors (Lipinski definition) is 6. The first-order valence-electron chi connectivity index (χ1n) is 10.4. The van der Waals surface area contributed by atoms with Crippen molar-refractivity contribution in [1.82, 2.24) is 25.1 Å². The van der Waals surface area contributed by atoms with Crippen LogP contribution in [0.5, 0.6) is 0 Å². The number of ether oxygens (including phenoxy) is 2. The highest BCUT2D eigenvalue weighted by Crippen LogP contribution is 2.63. The predicted molar refractivity (Wildman–Crippen MR) is 104 cm³/mol. The topological polar surface area (TPSA) is 91.2 Å². The van der Waals surface area contributed by atoms with E-state index < -0.39 is 0 Å². The van der Waals surface area contributed by atoms with Gasteiger partial charge in [0.25, 0.3) is 0 Å². The van der Waals surface area contributed by atoms with Gasteiger partial charge in [-0.1, -0.05) is 0 Å². The molecule has 154 valence electrons. The first-order valence-corrected chi connectivity index (χ1v) is 10.4. The van der Waals surface area contributed by atoms with Gasteiger partial charge in [0, 0.05) is 42.6 Å². The number of hydrogen-bond donors (Lipinski definition) is 1. The zero-order valence-electron chi connectivity index (χ0n) is 16.8. The standard InChI is InChI=1S/C21H27N5O3/c1-28-9-7-26-17(3-6-24-26)21-5-2-14(10-21)19(21)20(27)23-12-18-22-11-15-13-29-8-4-16(15)25-18/h3,6,11,14,19H,2,4-5,7-10,12-13H2,1H3,(H,23,27). The van der Waals surface area contributed by atoms with Crippen molar-refractivity contribution in [3.05, 3.63) is 41.2 Å². The van der Waals surface area contributed by atoms with Crippen molar-refractivity contribution in [3.8, 4) is 0 Å². The van der Waals surface area contributed by atoms with Gasteiger partial charge >= 0.3 is 0 Å². The van der Waals surface area contributed by atoms with Crippen molar-refractivity contribution < 1.29 is 14.3 Å². The Balaban J connectivity index is 1.28. The highest BCUT2D eigenvalue weighted by molar-refractivity contribution is 5.82. The lowest BCUT2D eigenvalue weighted by molar-refractivity contribution is -0.133. The van der Waals surface area contributed by atoms with E-state index >= 15 is 0 Å². The van der Waals surface area contributed by atoms with Crippen LogP contribution in [0.1, 0.15) is 42.0 Å². The van der Waals surface area contributed by atoms with Crippen LogP contribution in [0.4, 0.5) is 0 Å². The fourth-order valence-electron chi connectivity index (χ4n) is 5.47. The SMILES string of the molecule is COCCn1nccc1C12CCC(C1)C2C(=O)NCc1ncc2c(n1)CCOC2. The van der Waals surface area contributed by atoms with E-state index in [4.69, 9.17) is 9.47 Å². The molecule has 3 atom stereocenters. The second-order valence-corrected chi connectivity index (χ2v) is 8.35. The van der Waals surface area contributed by atoms with Crippen LogP contribution in [0, 0.1) is 11.8 Å². The molecular weight excluding hydrogens is 370 g/mol. The summed E-state index contributed by atoms with van der Waals surface area (Å²) in [7, 11) is 1.70. The fourth-order valence-corrected chi connectivity index (χ4v) is 5.47. The maximum atomic E-state index is 13.1. The summed E-state index contributed by atoms with van der Waals surface area (Å²) >= 11 is 0. The Morgan fingerprint density at radius 1 is 1.48 bits per heavy atom. The van der Waals surface area contributed by atoms with Gasteiger partial charge in [0.1, 0.15) is 5.82 Å². The van der Waals surface area contributed by atoms with Gasteiger partial charge in [-0.15, -0.1) is 0 Å². The van der Waals surface area contributed by atoms with E-state index in [0.717, 1.165) is 36.9 Å². The Bertz CT molecular complexity index is 909. The summed E-state index contributed by atoms with van der Waals surface area (Å²) < 4.78 is 12.7. The first kappa shape index (κ1) is 18.7. The van der Waals surface area contributed by atoms with Gasteiger partial charge in [-0.2, -0.15) is 5.10 Å². The van der Waals surface area contributed by atoms with Crippen LogP contribution >= 0.6 is 0 Å². The monoisotopic (exact) mass is 397 g/mol. The summed E-state index contributed by atoms with van der Waals surface area (Å²) in [5.74, 6) is 1.25. The summed E-state index contributed by atoms with van der Waals surface area (Å²) in [5, 5.41) is 7.58. The first-order chi connectivity index (χ1) is 14.2. The quantitative estimate of drug-likeness (QED) is 0.759. The normalized spacial score (nSPS) is 27.3. The number of nitrogens with zero attached hydrogens (tertiary/aromatic N) is 4. The molecule has 2 aromatic heterocycles. The van der Waals surface area contributed by atoms with Gasteiger partial charge in [-0.05, 0) is 31.2 Å². The molecular formula is C21H27N5O3. The van der Waals surface area contributed by atoms with Crippen LogP contribution < -0.4 is 5.32 Å². The fraction of sp³-hybridized carbons (Fsp3) is 0.619. The van der Waals surface area contributed by atoms with Crippen LogP contribution in [0.3, 0.4) is 0 Å². The lowest BCUT2D eigenvalue weighted by Crippen LogP contribution is -2.53. The maximum absolute atomic E-state index is 13.1. The summed E-state index contributed by atoms with van der Waals surface area (Å²) in [6.45, 7) is 2.97. The Kier molecular flexibility index (Phi) is 4.83. The Morgan fingerprint density at radius 2 is 2.41 bits per heavy atom. The average molecular weight is 397 g/mol. The number of carbonyl (C=O) groups excluding carboxylic acids is 1. The zero-order chi connectivity index (χ0) is 19.8. The molecule has 3 fully saturated rings. The van der Waals surface area contributed by atoms with Gasteiger partial charge < -0.3 is 14.8 Å². The lowest BCUT2D eigenvalue weighted by atomic mass is 9.58. The van der Waals surface area contributed by atoms with Crippen LogP contribution in [-0.4, -0.2) is 46.0 Å². The zero-order valence-corrected chi connectivity index (χ0v) is 16.8. The average Bonchev–Trinajstić information content (AvgIpc) is 3.45. The lowest BCUT2D eigenvalue weighted by Gasteiger charge is -2.46. The number of aromatic nitrogens is 4. The smallest absolute Gasteiger partial charge is 0.224 e. The minimum absolute atomic E-state index is 0.00604. The van der Waals surface area contributed by atoms with Crippen LogP contribution in [0.25, 0.3) is 0 Å². The number of carbonyl (C=O) groups is 1. The summed E-state index contributed by atoms with van der Waals surface area (Å²) in [6.07, 6.45) is 7.68. The molecule has 8 heteroatoms. The highest BCUT2D eigenvalue weighted by atomic mass is 16.5. The molecule has 0 aromatic carbocycles. The third kappa shape index (κ3) is 3.14. The number of fused-ring (bicyclic) bond motifs is 2. The van der Waals surface area contributed by atoms with Gasteiger partial charge in [0.15, 0.2) is 0 Å². The van der Waals surface area contributed by atoms with Crippen molar-refractivity contribution in [2.45, 2.75) is 50.8 Å². The molecule has 3 aliphatic carbocycles. The molecule has 2 aromatic rings. The minimum Gasteiger partial charge on any atom is -0.383 e. The second kappa shape index (κ2) is 7.50. The van der Waals surface area contributed by atoms with Crippen molar-refractivity contribution in [1.29, 1.82) is 0 Å². The summed E-state index contributed by atoms with van der Waals surface area (Å²) in [6, 6.07) is 2.08. The van der Waals surface area contributed by atoms with E-state index in [-0.39, 0.29) is 17.2 Å². The molecule has 3 saturated carbocycles. The van der Waals surface area contributed by atoms with E-state index in [9.17, 15) is 4.79 Å². The van der Waals surface area contributed by atoms with E-state index in [2.05, 4.69) is 26.4 Å². The number of amides is 1. The van der Waals surface area contributed by atoms with Crippen molar-refractivity contribution in [3.63, 3.8) is 0 Å². The summed E-state index contributed by atoms with van der Waals surface area (Å²) in [5.41, 5.74) is 3.17. The highest BCUT2D eigenvalue weighted by Gasteiger charge is 2.63. The molecule has 0 spiro atoms. The Morgan fingerprint density at radius 3 is 3.28 bits per heavy atom. The van der Waals surface area contributed by atoms with Gasteiger partial charge in [-0.25, -0.2) is 9.97 Å². The van der Waals surface area contributed by atoms with E-state index in [1.165, 1.54) is 5.69 Å². The Hall–Kier alpha value is -2.32. The Labute approximate surface area is 170 Å². The molecule has 0 radical (unpaired) electrons. The van der Waals surface area contributed by atoms with Crippen molar-refractivity contribution in [2.75, 3.05) is 20.3 Å². The molecule has 2 bridgehead atoms. The van der Waals surface area contributed by atoms with Crippen LogP contribution in [0.15, 0.2) is 18.5 Å². The van der Waals surface area contributed by atoms with E-state index in [0.29, 0.717) is 44.7 Å². The number of nitrogens with one attached hydrogen (secondary N) is 1. The molecule has 4 aliphatic rings. The van der Waals surface area contributed by atoms with Crippen molar-refractivity contribution >= 4 is 5.91 Å². The maximum Gasteiger partial charge on any atom is 0.224 e. The van der Waals surface area contributed by atoms with Gasteiger partial charge in [0.05, 0.1) is 44.5 Å². The van der Waals surface area contributed by atoms with Crippen LogP contribution in [-0.2, 0) is 45.8 Å². The van der Waals surface area contributed by atoms with E-state index in [1.54, 1.807) is 7.11 Å². The van der Waals surface area contributed by atoms with Gasteiger partial charge in [0.2, 0.25) is 5.91 Å². The molecule has 1 amide bonds. The molecule has 0 saturated heterocycles. The molecule has 1 N–H and O–H groups in total. The number of rotatable bonds is 7. The minimum atomic E-state index is -0.0902. The number of methoxy groups -OCH3 is 1. The van der Waals surface area contributed by atoms with Gasteiger partial charge in [-0.3, -0.25) is 9.48 Å². The summed E-state index contributed by atoms with van der Waals surface area (Å²) in [4.78, 5) is 22.2. The third-order valence-electron chi connectivity index (χ3n) is 6.84.